The van der Waals surface area contributed by atoms with Crippen molar-refractivity contribution in [2.45, 2.75) is 115 Å². The number of amides is 3. The zero-order valence-corrected chi connectivity index (χ0v) is 31.8. The van der Waals surface area contributed by atoms with E-state index in [0.717, 1.165) is 80.3 Å². The van der Waals surface area contributed by atoms with E-state index >= 15 is 0 Å². The van der Waals surface area contributed by atoms with E-state index in [9.17, 15) is 23.4 Å². The molecule has 3 atom stereocenters. The fourth-order valence-corrected chi connectivity index (χ4v) is 6.61. The predicted octanol–water partition coefficient (Wildman–Crippen LogP) is 4.73. The van der Waals surface area contributed by atoms with E-state index in [1.165, 1.54) is 0 Å². The molecule has 2 aliphatic carbocycles. The fourth-order valence-electron chi connectivity index (χ4n) is 5.76. The molecule has 284 valence electrons. The lowest BCUT2D eigenvalue weighted by Gasteiger charge is -2.26. The highest BCUT2D eigenvalue weighted by molar-refractivity contribution is 7.84. The maximum absolute atomic E-state index is 12.5. The molecular formula is C38H54N6O7S. The van der Waals surface area contributed by atoms with Crippen LogP contribution in [0.25, 0.3) is 16.7 Å². The van der Waals surface area contributed by atoms with Gasteiger partial charge in [-0.1, -0.05) is 19.9 Å². The van der Waals surface area contributed by atoms with Crippen LogP contribution in [-0.4, -0.2) is 85.8 Å². The number of pyridine rings is 1. The van der Waals surface area contributed by atoms with Gasteiger partial charge in [-0.3, -0.25) is 23.9 Å². The van der Waals surface area contributed by atoms with Crippen molar-refractivity contribution >= 4 is 40.1 Å². The molecule has 13 nitrogen and oxygen atoms in total. The number of fused-ring (bicyclic) bond motifs is 1. The quantitative estimate of drug-likeness (QED) is 0.114. The third-order valence-electron chi connectivity index (χ3n) is 9.14. The van der Waals surface area contributed by atoms with Crippen LogP contribution in [0.2, 0.25) is 0 Å². The van der Waals surface area contributed by atoms with Gasteiger partial charge in [0, 0.05) is 42.4 Å². The Labute approximate surface area is 308 Å². The van der Waals surface area contributed by atoms with Gasteiger partial charge in [-0.2, -0.15) is 5.10 Å². The van der Waals surface area contributed by atoms with Crippen LogP contribution in [0.1, 0.15) is 95.7 Å². The van der Waals surface area contributed by atoms with E-state index in [1.807, 2.05) is 31.3 Å². The van der Waals surface area contributed by atoms with Gasteiger partial charge >= 0.3 is 0 Å². The SMILES string of the molecule is C=CCCCCO[C@H](C)C(=O)N1CCCC1C(=O)NC1CC1.COc1ccc2c(=O)cc(-n3ccc(C(C)C)n3)[nH]c2c1C.O=CNS(=O)C1CC1. The van der Waals surface area contributed by atoms with Gasteiger partial charge < -0.3 is 24.7 Å². The summed E-state index contributed by atoms with van der Waals surface area (Å²) in [5.41, 5.74) is 2.65. The van der Waals surface area contributed by atoms with E-state index in [2.05, 4.69) is 40.5 Å². The number of hydrogen-bond donors (Lipinski definition) is 3. The Morgan fingerprint density at radius 1 is 1.13 bits per heavy atom. The Balaban J connectivity index is 0.000000192. The van der Waals surface area contributed by atoms with Crippen LogP contribution in [-0.2, 0) is 30.1 Å². The highest BCUT2D eigenvalue weighted by Gasteiger charge is 2.38. The van der Waals surface area contributed by atoms with Gasteiger partial charge in [0.15, 0.2) is 5.43 Å². The lowest BCUT2D eigenvalue weighted by Crippen LogP contribution is -2.49. The molecule has 3 N–H and O–H groups in total. The number of aromatic nitrogens is 3. The topological polar surface area (TPSA) is 165 Å². The summed E-state index contributed by atoms with van der Waals surface area (Å²) in [5, 5.41) is 8.42. The van der Waals surface area contributed by atoms with Gasteiger partial charge in [-0.05, 0) is 95.8 Å². The number of unbranched alkanes of at least 4 members (excludes halogenated alkanes) is 2. The lowest BCUT2D eigenvalue weighted by molar-refractivity contribution is -0.147. The molecule has 1 saturated heterocycles. The molecule has 2 unspecified atom stereocenters. The molecule has 2 saturated carbocycles. The smallest absolute Gasteiger partial charge is 0.252 e. The molecule has 14 heteroatoms. The number of aryl methyl sites for hydroxylation is 1. The summed E-state index contributed by atoms with van der Waals surface area (Å²) >= 11 is 0. The van der Waals surface area contributed by atoms with Gasteiger partial charge in [0.05, 0.1) is 23.6 Å². The Kier molecular flexibility index (Phi) is 15.2. The van der Waals surface area contributed by atoms with Crippen LogP contribution < -0.4 is 20.2 Å². The number of hydrogen-bond acceptors (Lipinski definition) is 8. The predicted molar refractivity (Wildman–Crippen MR) is 203 cm³/mol. The summed E-state index contributed by atoms with van der Waals surface area (Å²) in [7, 11) is 0.545. The zero-order chi connectivity index (χ0) is 37.8. The monoisotopic (exact) mass is 738 g/mol. The molecule has 0 spiro atoms. The number of carbonyl (C=O) groups is 3. The average Bonchev–Trinajstić information content (AvgIpc) is 4.04. The van der Waals surface area contributed by atoms with Gasteiger partial charge in [-0.15, -0.1) is 6.58 Å². The minimum absolute atomic E-state index is 0.00605. The molecule has 1 aliphatic heterocycles. The Bertz CT molecular complexity index is 1760. The average molecular weight is 739 g/mol. The van der Waals surface area contributed by atoms with E-state index < -0.39 is 17.1 Å². The van der Waals surface area contributed by atoms with E-state index in [0.29, 0.717) is 42.7 Å². The van der Waals surface area contributed by atoms with Crippen molar-refractivity contribution in [3.05, 3.63) is 64.6 Å². The number of methoxy groups -OCH3 is 1. The summed E-state index contributed by atoms with van der Waals surface area (Å²) in [4.78, 5) is 51.7. The number of aromatic amines is 1. The van der Waals surface area contributed by atoms with Crippen molar-refractivity contribution in [2.24, 2.45) is 0 Å². The van der Waals surface area contributed by atoms with Crippen LogP contribution in [0.15, 0.2) is 47.9 Å². The van der Waals surface area contributed by atoms with Crippen molar-refractivity contribution in [1.82, 2.24) is 29.7 Å². The zero-order valence-electron chi connectivity index (χ0n) is 31.0. The number of ether oxygens (including phenoxy) is 2. The van der Waals surface area contributed by atoms with Gasteiger partial charge in [0.25, 0.3) is 5.91 Å². The Morgan fingerprint density at radius 3 is 2.50 bits per heavy atom. The first-order chi connectivity index (χ1) is 25.0. The molecule has 52 heavy (non-hydrogen) atoms. The number of carbonyl (C=O) groups excluding carboxylic acids is 3. The summed E-state index contributed by atoms with van der Waals surface area (Å²) < 4.78 is 25.4. The number of nitrogens with zero attached hydrogens (tertiary/aromatic N) is 3. The first-order valence-corrected chi connectivity index (χ1v) is 19.4. The molecule has 3 aliphatic rings. The molecule has 3 fully saturated rings. The molecule has 0 radical (unpaired) electrons. The first-order valence-electron chi connectivity index (χ1n) is 18.2. The van der Waals surface area contributed by atoms with Crippen molar-refractivity contribution in [1.29, 1.82) is 0 Å². The van der Waals surface area contributed by atoms with E-state index in [1.54, 1.807) is 35.7 Å². The third kappa shape index (κ3) is 11.3. The number of likely N-dealkylation sites (tertiary alicyclic amines) is 1. The number of nitrogens with one attached hydrogen (secondary N) is 3. The minimum atomic E-state index is -1.08. The summed E-state index contributed by atoms with van der Waals surface area (Å²) in [6, 6.07) is 7.17. The second kappa shape index (κ2) is 19.5. The molecule has 3 amide bonds. The molecule has 3 aromatic rings. The number of benzene rings is 1. The standard InChI is InChI=1S/C17H19N3O2.C17H28N2O3.C4H7NO2S/c1-10(2)13-7-8-20(19-13)16-9-14(21)12-5-6-15(22-4)11(3)17(12)18-16;1-3-4-5-6-12-22-13(2)17(21)19-11-7-8-15(19)16(20)18-14-9-10-14;6-3-5-8(7)4-1-2-4/h5-10H,1-4H3,(H,18,21);3,13-15H,1,4-12H2,2H3,(H,18,20);3-4H,1-2H2,(H,5,6)/t;13-,15?;/m.1./s1. The highest BCUT2D eigenvalue weighted by atomic mass is 32.2. The Morgan fingerprint density at radius 2 is 1.88 bits per heavy atom. The highest BCUT2D eigenvalue weighted by Crippen LogP contribution is 2.26. The summed E-state index contributed by atoms with van der Waals surface area (Å²) in [5.74, 6) is 1.70. The normalized spacial score (nSPS) is 17.7. The minimum Gasteiger partial charge on any atom is -0.496 e. The summed E-state index contributed by atoms with van der Waals surface area (Å²) in [6.07, 6.45) is 12.5. The van der Waals surface area contributed by atoms with Crippen molar-refractivity contribution in [3.63, 3.8) is 0 Å². The van der Waals surface area contributed by atoms with Crippen LogP contribution in [0, 0.1) is 6.92 Å². The van der Waals surface area contributed by atoms with Gasteiger partial charge in [-0.25, -0.2) is 8.89 Å². The molecule has 6 rings (SSSR count). The van der Waals surface area contributed by atoms with E-state index in [-0.39, 0.29) is 28.5 Å². The molecule has 3 heterocycles. The third-order valence-corrected chi connectivity index (χ3v) is 10.5. The van der Waals surface area contributed by atoms with Crippen molar-refractivity contribution < 1.29 is 28.1 Å². The van der Waals surface area contributed by atoms with Crippen LogP contribution in [0.4, 0.5) is 0 Å². The number of rotatable bonds is 15. The molecule has 1 aromatic carbocycles. The van der Waals surface area contributed by atoms with Crippen LogP contribution in [0.3, 0.4) is 0 Å². The first kappa shape index (κ1) is 40.5. The van der Waals surface area contributed by atoms with Crippen LogP contribution >= 0.6 is 0 Å². The van der Waals surface area contributed by atoms with Gasteiger partial charge in [0.2, 0.25) is 12.3 Å². The number of allylic oxidation sites excluding steroid dienone is 1. The largest absolute Gasteiger partial charge is 0.496 e. The van der Waals surface area contributed by atoms with E-state index in [4.69, 9.17) is 9.47 Å². The fraction of sp³-hybridized carbons (Fsp3) is 0.553. The maximum Gasteiger partial charge on any atom is 0.252 e. The second-order valence-electron chi connectivity index (χ2n) is 13.7. The molecule has 0 bridgehead atoms. The number of H-pyrrole nitrogens is 1. The van der Waals surface area contributed by atoms with Crippen molar-refractivity contribution in [2.75, 3.05) is 20.3 Å². The maximum atomic E-state index is 12.5. The van der Waals surface area contributed by atoms with Crippen LogP contribution in [0.5, 0.6) is 5.75 Å². The Hall–Kier alpha value is -4.30. The van der Waals surface area contributed by atoms with Gasteiger partial charge in [0.1, 0.15) is 34.7 Å². The second-order valence-corrected chi connectivity index (χ2v) is 15.2. The lowest BCUT2D eigenvalue weighted by atomic mass is 10.1. The van der Waals surface area contributed by atoms with Crippen molar-refractivity contribution in [3.8, 4) is 11.6 Å². The molecule has 2 aromatic heterocycles. The molecular weight excluding hydrogens is 685 g/mol. The summed E-state index contributed by atoms with van der Waals surface area (Å²) in [6.45, 7) is 12.8.